The van der Waals surface area contributed by atoms with Crippen molar-refractivity contribution in [2.24, 2.45) is 7.05 Å². The fraction of sp³-hybridized carbons (Fsp3) is 0.375. The molecule has 0 aliphatic rings. The van der Waals surface area contributed by atoms with Gasteiger partial charge in [-0.1, -0.05) is 41.9 Å². The summed E-state index contributed by atoms with van der Waals surface area (Å²) in [5.41, 5.74) is 1.55. The van der Waals surface area contributed by atoms with E-state index in [-0.39, 0.29) is 16.6 Å². The van der Waals surface area contributed by atoms with Gasteiger partial charge in [-0.25, -0.2) is 4.68 Å². The average Bonchev–Trinajstić information content (AvgIpc) is 2.49. The molecule has 0 fully saturated rings. The summed E-state index contributed by atoms with van der Waals surface area (Å²) in [5.74, 6) is 0. The van der Waals surface area contributed by atoms with Gasteiger partial charge >= 0.3 is 0 Å². The number of hydrogen-bond donors (Lipinski definition) is 1. The van der Waals surface area contributed by atoms with E-state index < -0.39 is 0 Å². The summed E-state index contributed by atoms with van der Waals surface area (Å²) in [5, 5.41) is 7.40. The predicted molar refractivity (Wildman–Crippen MR) is 90.3 cm³/mol. The highest BCUT2D eigenvalue weighted by Crippen LogP contribution is 2.16. The lowest BCUT2D eigenvalue weighted by atomic mass is 10.2. The number of aromatic nitrogens is 2. The number of likely N-dealkylation sites (N-methyl/N-ethyl adjacent to an activating group) is 1. The van der Waals surface area contributed by atoms with Gasteiger partial charge in [-0.15, -0.1) is 0 Å². The molecule has 1 heterocycles. The smallest absolute Gasteiger partial charge is 0.287 e. The molecule has 0 saturated carbocycles. The standard InChI is InChI=1S/C16H21ClN4O/c1-12(10-20(2)11-13-7-5-4-6-8-13)19-14-9-18-21(3)16(22)15(14)17/h4-9,12,19H,10-11H2,1-3H3. The summed E-state index contributed by atoms with van der Waals surface area (Å²) in [7, 11) is 3.64. The van der Waals surface area contributed by atoms with Gasteiger partial charge in [-0.2, -0.15) is 5.10 Å². The summed E-state index contributed by atoms with van der Waals surface area (Å²) in [6.45, 7) is 3.74. The fourth-order valence-corrected chi connectivity index (χ4v) is 2.58. The molecule has 1 aromatic heterocycles. The minimum Gasteiger partial charge on any atom is -0.379 e. The van der Waals surface area contributed by atoms with Crippen molar-refractivity contribution in [3.05, 3.63) is 57.5 Å². The Hall–Kier alpha value is -1.85. The summed E-state index contributed by atoms with van der Waals surface area (Å²) in [6.07, 6.45) is 1.58. The second kappa shape index (κ2) is 7.42. The van der Waals surface area contributed by atoms with Crippen LogP contribution in [0.3, 0.4) is 0 Å². The van der Waals surface area contributed by atoms with Crippen LogP contribution in [0.4, 0.5) is 5.69 Å². The SMILES string of the molecule is CC(CN(C)Cc1ccccc1)Nc1cnn(C)c(=O)c1Cl. The summed E-state index contributed by atoms with van der Waals surface area (Å²) < 4.78 is 1.22. The Kier molecular flexibility index (Phi) is 5.57. The normalized spacial score (nSPS) is 12.4. The van der Waals surface area contributed by atoms with Gasteiger partial charge in [0.15, 0.2) is 0 Å². The van der Waals surface area contributed by atoms with E-state index >= 15 is 0 Å². The van der Waals surface area contributed by atoms with E-state index in [9.17, 15) is 4.79 Å². The zero-order valence-corrected chi connectivity index (χ0v) is 13.8. The first kappa shape index (κ1) is 16.5. The second-order valence-corrected chi connectivity index (χ2v) is 5.91. The summed E-state index contributed by atoms with van der Waals surface area (Å²) >= 11 is 6.06. The van der Waals surface area contributed by atoms with Crippen molar-refractivity contribution in [2.45, 2.75) is 19.5 Å². The minimum absolute atomic E-state index is 0.139. The summed E-state index contributed by atoms with van der Waals surface area (Å²) in [4.78, 5) is 14.0. The molecule has 22 heavy (non-hydrogen) atoms. The quantitative estimate of drug-likeness (QED) is 0.887. The highest BCUT2D eigenvalue weighted by molar-refractivity contribution is 6.32. The third-order valence-electron chi connectivity index (χ3n) is 3.36. The van der Waals surface area contributed by atoms with Crippen molar-refractivity contribution in [3.8, 4) is 0 Å². The second-order valence-electron chi connectivity index (χ2n) is 5.53. The van der Waals surface area contributed by atoms with Crippen molar-refractivity contribution in [1.82, 2.24) is 14.7 Å². The third-order valence-corrected chi connectivity index (χ3v) is 3.73. The van der Waals surface area contributed by atoms with Crippen LogP contribution in [0.5, 0.6) is 0 Å². The van der Waals surface area contributed by atoms with Crippen LogP contribution in [0.2, 0.25) is 5.02 Å². The maximum absolute atomic E-state index is 11.8. The minimum atomic E-state index is -0.295. The molecule has 6 heteroatoms. The van der Waals surface area contributed by atoms with Crippen LogP contribution >= 0.6 is 11.6 Å². The van der Waals surface area contributed by atoms with Crippen LogP contribution in [0.25, 0.3) is 0 Å². The molecule has 118 valence electrons. The third kappa shape index (κ3) is 4.32. The summed E-state index contributed by atoms with van der Waals surface area (Å²) in [6, 6.07) is 10.4. The van der Waals surface area contributed by atoms with Gasteiger partial charge in [0.1, 0.15) is 5.02 Å². The molecule has 0 amide bonds. The molecular weight excluding hydrogens is 300 g/mol. The Morgan fingerprint density at radius 2 is 2.05 bits per heavy atom. The van der Waals surface area contributed by atoms with E-state index in [4.69, 9.17) is 11.6 Å². The molecule has 0 saturated heterocycles. The highest BCUT2D eigenvalue weighted by atomic mass is 35.5. The Labute approximate surface area is 135 Å². The molecule has 1 atom stereocenters. The average molecular weight is 321 g/mol. The number of benzene rings is 1. The van der Waals surface area contributed by atoms with Gasteiger partial charge in [0, 0.05) is 26.2 Å². The highest BCUT2D eigenvalue weighted by Gasteiger charge is 2.12. The largest absolute Gasteiger partial charge is 0.379 e. The van der Waals surface area contributed by atoms with E-state index in [0.29, 0.717) is 5.69 Å². The Morgan fingerprint density at radius 1 is 1.36 bits per heavy atom. The van der Waals surface area contributed by atoms with Crippen LogP contribution in [0.1, 0.15) is 12.5 Å². The number of rotatable bonds is 6. The maximum Gasteiger partial charge on any atom is 0.287 e. The fourth-order valence-electron chi connectivity index (χ4n) is 2.35. The number of aryl methyl sites for hydroxylation is 1. The van der Waals surface area contributed by atoms with Crippen molar-refractivity contribution >= 4 is 17.3 Å². The van der Waals surface area contributed by atoms with Gasteiger partial charge in [-0.05, 0) is 19.5 Å². The van der Waals surface area contributed by atoms with E-state index in [1.54, 1.807) is 13.2 Å². The number of nitrogens with one attached hydrogen (secondary N) is 1. The van der Waals surface area contributed by atoms with E-state index in [1.165, 1.54) is 10.2 Å². The Morgan fingerprint density at radius 3 is 2.73 bits per heavy atom. The van der Waals surface area contributed by atoms with Crippen LogP contribution in [0, 0.1) is 0 Å². The van der Waals surface area contributed by atoms with Gasteiger partial charge < -0.3 is 10.2 Å². The molecule has 0 aliphatic heterocycles. The molecule has 1 N–H and O–H groups in total. The first-order valence-electron chi connectivity index (χ1n) is 7.18. The number of nitrogens with zero attached hydrogens (tertiary/aromatic N) is 3. The zero-order chi connectivity index (χ0) is 16.1. The van der Waals surface area contributed by atoms with Crippen LogP contribution in [0.15, 0.2) is 41.3 Å². The van der Waals surface area contributed by atoms with Gasteiger partial charge in [0.2, 0.25) is 0 Å². The van der Waals surface area contributed by atoms with Gasteiger partial charge in [0.25, 0.3) is 5.56 Å². The maximum atomic E-state index is 11.8. The molecule has 1 unspecified atom stereocenters. The van der Waals surface area contributed by atoms with Gasteiger partial charge in [-0.3, -0.25) is 4.79 Å². The number of halogens is 1. The van der Waals surface area contributed by atoms with E-state index in [2.05, 4.69) is 41.4 Å². The molecule has 2 aromatic rings. The molecule has 5 nitrogen and oxygen atoms in total. The number of hydrogen-bond acceptors (Lipinski definition) is 4. The first-order chi connectivity index (χ1) is 10.5. The van der Waals surface area contributed by atoms with Crippen molar-refractivity contribution in [3.63, 3.8) is 0 Å². The lowest BCUT2D eigenvalue weighted by Crippen LogP contribution is -2.33. The predicted octanol–water partition coefficient (Wildman–Crippen LogP) is 2.37. The molecule has 0 radical (unpaired) electrons. The topological polar surface area (TPSA) is 50.2 Å². The van der Waals surface area contributed by atoms with Crippen molar-refractivity contribution in [2.75, 3.05) is 18.9 Å². The Bertz CT molecular complexity index is 672. The van der Waals surface area contributed by atoms with E-state index in [1.807, 2.05) is 18.2 Å². The van der Waals surface area contributed by atoms with Crippen LogP contribution in [-0.4, -0.2) is 34.3 Å². The lowest BCUT2D eigenvalue weighted by Gasteiger charge is -2.23. The molecule has 0 bridgehead atoms. The van der Waals surface area contributed by atoms with Gasteiger partial charge in [0.05, 0.1) is 11.9 Å². The molecule has 1 aromatic carbocycles. The zero-order valence-electron chi connectivity index (χ0n) is 13.1. The van der Waals surface area contributed by atoms with Crippen LogP contribution in [-0.2, 0) is 13.6 Å². The van der Waals surface area contributed by atoms with Crippen molar-refractivity contribution < 1.29 is 0 Å². The monoisotopic (exact) mass is 320 g/mol. The molecule has 0 aliphatic carbocycles. The van der Waals surface area contributed by atoms with Crippen LogP contribution < -0.4 is 10.9 Å². The number of anilines is 1. The molecular formula is C16H21ClN4O. The first-order valence-corrected chi connectivity index (χ1v) is 7.56. The van der Waals surface area contributed by atoms with E-state index in [0.717, 1.165) is 13.1 Å². The lowest BCUT2D eigenvalue weighted by molar-refractivity contribution is 0.316. The molecule has 2 rings (SSSR count). The molecule has 0 spiro atoms. The Balaban J connectivity index is 1.94. The van der Waals surface area contributed by atoms with Crippen molar-refractivity contribution in [1.29, 1.82) is 0 Å².